The molecule has 3 nitrogen and oxygen atoms in total. The van der Waals surface area contributed by atoms with Crippen LogP contribution in [0.2, 0.25) is 0 Å². The van der Waals surface area contributed by atoms with Gasteiger partial charge in [0.2, 0.25) is 5.91 Å². The molecule has 0 aliphatic carbocycles. The quantitative estimate of drug-likeness (QED) is 0.740. The van der Waals surface area contributed by atoms with E-state index in [-0.39, 0.29) is 5.91 Å². The van der Waals surface area contributed by atoms with Gasteiger partial charge in [0, 0.05) is 11.8 Å². The lowest BCUT2D eigenvalue weighted by Gasteiger charge is -2.37. The van der Waals surface area contributed by atoms with E-state index in [9.17, 15) is 4.79 Å². The van der Waals surface area contributed by atoms with E-state index in [1.54, 1.807) is 0 Å². The Balaban J connectivity index is 2.65. The van der Waals surface area contributed by atoms with Gasteiger partial charge < -0.3 is 11.1 Å². The van der Waals surface area contributed by atoms with Crippen molar-refractivity contribution in [3.05, 3.63) is 0 Å². The van der Waals surface area contributed by atoms with Crippen molar-refractivity contribution in [2.75, 3.05) is 11.5 Å². The minimum atomic E-state index is -0.446. The van der Waals surface area contributed by atoms with Crippen LogP contribution in [0.3, 0.4) is 0 Å². The molecule has 1 amide bonds. The van der Waals surface area contributed by atoms with Crippen LogP contribution in [0.25, 0.3) is 0 Å². The molecule has 0 spiro atoms. The fourth-order valence-corrected chi connectivity index (χ4v) is 2.96. The molecule has 3 N–H and O–H groups in total. The molecule has 1 fully saturated rings. The Morgan fingerprint density at radius 1 is 1.71 bits per heavy atom. The van der Waals surface area contributed by atoms with Crippen molar-refractivity contribution in [1.82, 2.24) is 5.32 Å². The second-order valence-corrected chi connectivity index (χ2v) is 5.16. The lowest BCUT2D eigenvalue weighted by molar-refractivity contribution is -0.124. The average molecular weight is 216 g/mol. The summed E-state index contributed by atoms with van der Waals surface area (Å²) in [5.41, 5.74) is 5.04. The molecule has 1 rings (SSSR count). The summed E-state index contributed by atoms with van der Waals surface area (Å²) in [5, 5.41) is 3.39. The molecule has 1 saturated heterocycles. The van der Waals surface area contributed by atoms with Crippen molar-refractivity contribution < 1.29 is 4.79 Å². The Hall–Kier alpha value is -0.220. The first-order valence-electron chi connectivity index (χ1n) is 5.26. The number of hydrogen-bond donors (Lipinski definition) is 2. The second-order valence-electron chi connectivity index (χ2n) is 4.06. The molecule has 1 aliphatic heterocycles. The number of thioether (sulfide) groups is 1. The number of nitrogens with one attached hydrogen (secondary N) is 1. The van der Waals surface area contributed by atoms with Crippen molar-refractivity contribution in [2.45, 2.75) is 44.7 Å². The third-order valence-corrected chi connectivity index (χ3v) is 4.12. The van der Waals surface area contributed by atoms with Gasteiger partial charge >= 0.3 is 0 Å². The van der Waals surface area contributed by atoms with E-state index in [1.165, 1.54) is 0 Å². The van der Waals surface area contributed by atoms with Gasteiger partial charge in [-0.2, -0.15) is 11.8 Å². The molecule has 2 unspecified atom stereocenters. The van der Waals surface area contributed by atoms with Gasteiger partial charge in [-0.05, 0) is 31.9 Å². The van der Waals surface area contributed by atoms with E-state index >= 15 is 0 Å². The third kappa shape index (κ3) is 2.64. The van der Waals surface area contributed by atoms with Gasteiger partial charge in [-0.3, -0.25) is 4.79 Å². The lowest BCUT2D eigenvalue weighted by Crippen LogP contribution is -2.61. The van der Waals surface area contributed by atoms with Crippen molar-refractivity contribution in [3.8, 4) is 0 Å². The fraction of sp³-hybridized carbons (Fsp3) is 0.900. The number of rotatable bonds is 4. The highest BCUT2D eigenvalue weighted by atomic mass is 32.2. The highest BCUT2D eigenvalue weighted by Crippen LogP contribution is 2.27. The maximum Gasteiger partial charge on any atom is 0.238 e. The van der Waals surface area contributed by atoms with E-state index in [4.69, 9.17) is 5.73 Å². The summed E-state index contributed by atoms with van der Waals surface area (Å²) in [7, 11) is 0. The molecule has 14 heavy (non-hydrogen) atoms. The van der Waals surface area contributed by atoms with Crippen molar-refractivity contribution in [2.24, 2.45) is 5.73 Å². The molecule has 1 heterocycles. The zero-order chi connectivity index (χ0) is 10.6. The Labute approximate surface area is 90.2 Å². The van der Waals surface area contributed by atoms with Crippen LogP contribution < -0.4 is 11.1 Å². The Morgan fingerprint density at radius 3 is 2.86 bits per heavy atom. The van der Waals surface area contributed by atoms with Gasteiger partial charge in [0.1, 0.15) is 5.54 Å². The van der Waals surface area contributed by atoms with Gasteiger partial charge in [0.15, 0.2) is 0 Å². The maximum absolute atomic E-state index is 11.5. The number of amides is 1. The molecule has 2 atom stereocenters. The summed E-state index contributed by atoms with van der Waals surface area (Å²) >= 11 is 1.82. The number of carbonyl (C=O) groups excluding carboxylic acids is 1. The number of hydrogen-bond acceptors (Lipinski definition) is 3. The molecule has 0 radical (unpaired) electrons. The molecular weight excluding hydrogens is 196 g/mol. The van der Waals surface area contributed by atoms with Crippen LogP contribution in [0, 0.1) is 0 Å². The molecule has 1 aliphatic rings. The summed E-state index contributed by atoms with van der Waals surface area (Å²) in [6.07, 6.45) is 3.00. The highest BCUT2D eigenvalue weighted by molar-refractivity contribution is 7.99. The van der Waals surface area contributed by atoms with E-state index < -0.39 is 5.54 Å². The maximum atomic E-state index is 11.5. The van der Waals surface area contributed by atoms with Crippen LogP contribution in [0.5, 0.6) is 0 Å². The zero-order valence-electron chi connectivity index (χ0n) is 9.01. The monoisotopic (exact) mass is 216 g/mol. The standard InChI is InChI=1S/C10H20N2OS/c1-3-8(2)12-10(9(11)13)5-4-6-14-7-10/h8,12H,3-7H2,1-2H3,(H2,11,13). The first kappa shape index (κ1) is 11.9. The Morgan fingerprint density at radius 2 is 2.43 bits per heavy atom. The molecular formula is C10H20N2OS. The first-order chi connectivity index (χ1) is 6.60. The van der Waals surface area contributed by atoms with Gasteiger partial charge in [-0.15, -0.1) is 0 Å². The van der Waals surface area contributed by atoms with Crippen molar-refractivity contribution in [1.29, 1.82) is 0 Å². The van der Waals surface area contributed by atoms with Crippen molar-refractivity contribution in [3.63, 3.8) is 0 Å². The van der Waals surface area contributed by atoms with Crippen molar-refractivity contribution >= 4 is 17.7 Å². The lowest BCUT2D eigenvalue weighted by atomic mass is 9.93. The van der Waals surface area contributed by atoms with Crippen LogP contribution in [0.15, 0.2) is 0 Å². The third-order valence-electron chi connectivity index (χ3n) is 2.85. The summed E-state index contributed by atoms with van der Waals surface area (Å²) in [6, 6.07) is 0.362. The summed E-state index contributed by atoms with van der Waals surface area (Å²) in [6.45, 7) is 4.21. The molecule has 82 valence electrons. The molecule has 0 bridgehead atoms. The minimum absolute atomic E-state index is 0.190. The fourth-order valence-electron chi connectivity index (χ4n) is 1.75. The number of primary amides is 1. The van der Waals surface area contributed by atoms with Crippen LogP contribution in [-0.4, -0.2) is 29.0 Å². The van der Waals surface area contributed by atoms with E-state index in [0.717, 1.165) is 30.8 Å². The molecule has 0 aromatic carbocycles. The zero-order valence-corrected chi connectivity index (χ0v) is 9.82. The van der Waals surface area contributed by atoms with Crippen LogP contribution in [0.4, 0.5) is 0 Å². The van der Waals surface area contributed by atoms with Gasteiger partial charge in [-0.1, -0.05) is 6.92 Å². The van der Waals surface area contributed by atoms with Crippen LogP contribution in [0.1, 0.15) is 33.1 Å². The van der Waals surface area contributed by atoms with Crippen LogP contribution >= 0.6 is 11.8 Å². The molecule has 4 heteroatoms. The minimum Gasteiger partial charge on any atom is -0.368 e. The molecule has 0 aromatic heterocycles. The van der Waals surface area contributed by atoms with Gasteiger partial charge in [-0.25, -0.2) is 0 Å². The molecule has 0 aromatic rings. The highest BCUT2D eigenvalue weighted by Gasteiger charge is 2.38. The Kier molecular flexibility index (Phi) is 4.26. The molecule has 0 saturated carbocycles. The predicted octanol–water partition coefficient (Wildman–Crippen LogP) is 1.13. The first-order valence-corrected chi connectivity index (χ1v) is 6.41. The topological polar surface area (TPSA) is 55.1 Å². The summed E-state index contributed by atoms with van der Waals surface area (Å²) < 4.78 is 0. The predicted molar refractivity (Wildman–Crippen MR) is 61.4 cm³/mol. The average Bonchev–Trinajstić information content (AvgIpc) is 2.19. The van der Waals surface area contributed by atoms with E-state index in [0.29, 0.717) is 6.04 Å². The van der Waals surface area contributed by atoms with Gasteiger partial charge in [0.25, 0.3) is 0 Å². The number of nitrogens with two attached hydrogens (primary N) is 1. The van der Waals surface area contributed by atoms with Crippen LogP contribution in [-0.2, 0) is 4.79 Å². The summed E-state index contributed by atoms with van der Waals surface area (Å²) in [5.74, 6) is 1.79. The van der Waals surface area contributed by atoms with Gasteiger partial charge in [0.05, 0.1) is 0 Å². The second kappa shape index (κ2) is 5.03. The van der Waals surface area contributed by atoms with E-state index in [2.05, 4.69) is 19.2 Å². The summed E-state index contributed by atoms with van der Waals surface area (Å²) in [4.78, 5) is 11.5. The SMILES string of the molecule is CCC(C)NC1(C(N)=O)CCCSC1. The smallest absolute Gasteiger partial charge is 0.238 e. The largest absolute Gasteiger partial charge is 0.368 e. The van der Waals surface area contributed by atoms with E-state index in [1.807, 2.05) is 11.8 Å². The Bertz CT molecular complexity index is 202. The number of carbonyl (C=O) groups is 1. The normalized spacial score (nSPS) is 29.9.